The largest absolute Gasteiger partial charge is 0.479 e. The first-order valence-electron chi connectivity index (χ1n) is 6.05. The van der Waals surface area contributed by atoms with Gasteiger partial charge in [-0.25, -0.2) is 0 Å². The van der Waals surface area contributed by atoms with Gasteiger partial charge in [0.15, 0.2) is 6.61 Å². The number of benzene rings is 1. The number of nitriles is 1. The Labute approximate surface area is 103 Å². The highest BCUT2D eigenvalue weighted by atomic mass is 16.5. The van der Waals surface area contributed by atoms with Crippen molar-refractivity contribution in [3.05, 3.63) is 24.3 Å². The molecule has 2 rings (SSSR count). The minimum Gasteiger partial charge on any atom is -0.479 e. The van der Waals surface area contributed by atoms with Gasteiger partial charge < -0.3 is 9.64 Å². The number of ether oxygens (including phenoxy) is 1. The lowest BCUT2D eigenvalue weighted by Gasteiger charge is -2.43. The first-order valence-corrected chi connectivity index (χ1v) is 6.05. The topological polar surface area (TPSA) is 36.3 Å². The Kier molecular flexibility index (Phi) is 3.53. The second-order valence-corrected chi connectivity index (χ2v) is 4.85. The average Bonchev–Trinajstić information content (AvgIpc) is 2.24. The van der Waals surface area contributed by atoms with Crippen molar-refractivity contribution in [1.82, 2.24) is 0 Å². The van der Waals surface area contributed by atoms with Crippen LogP contribution < -0.4 is 9.64 Å². The zero-order chi connectivity index (χ0) is 12.3. The molecule has 3 nitrogen and oxygen atoms in total. The van der Waals surface area contributed by atoms with Crippen molar-refractivity contribution in [3.63, 3.8) is 0 Å². The van der Waals surface area contributed by atoms with E-state index >= 15 is 0 Å². The highest BCUT2D eigenvalue weighted by Crippen LogP contribution is 2.30. The fraction of sp³-hybridized carbons (Fsp3) is 0.500. The lowest BCUT2D eigenvalue weighted by atomic mass is 9.88. The minimum absolute atomic E-state index is 0.109. The Bertz CT molecular complexity index is 416. The van der Waals surface area contributed by atoms with Gasteiger partial charge in [-0.15, -0.1) is 0 Å². The maximum atomic E-state index is 8.47. The Morgan fingerprint density at radius 1 is 1.47 bits per heavy atom. The Morgan fingerprint density at radius 3 is 2.88 bits per heavy atom. The van der Waals surface area contributed by atoms with Gasteiger partial charge in [-0.05, 0) is 24.0 Å². The molecular weight excluding hydrogens is 212 g/mol. The maximum absolute atomic E-state index is 8.47. The zero-order valence-electron chi connectivity index (χ0n) is 10.4. The van der Waals surface area contributed by atoms with Crippen LogP contribution in [0.4, 0.5) is 5.69 Å². The van der Waals surface area contributed by atoms with Crippen LogP contribution in [0.15, 0.2) is 24.3 Å². The molecule has 0 saturated carbocycles. The van der Waals surface area contributed by atoms with Crippen molar-refractivity contribution in [3.8, 4) is 11.8 Å². The quantitative estimate of drug-likeness (QED) is 0.798. The fourth-order valence-corrected chi connectivity index (χ4v) is 2.03. The minimum atomic E-state index is 0.109. The van der Waals surface area contributed by atoms with Crippen LogP contribution in [-0.2, 0) is 0 Å². The number of hydrogen-bond donors (Lipinski definition) is 0. The summed E-state index contributed by atoms with van der Waals surface area (Å²) in [6, 6.07) is 9.95. The molecule has 3 heteroatoms. The van der Waals surface area contributed by atoms with E-state index in [1.54, 1.807) is 0 Å². The van der Waals surface area contributed by atoms with E-state index in [9.17, 15) is 0 Å². The lowest BCUT2D eigenvalue weighted by molar-refractivity contribution is 0.309. The van der Waals surface area contributed by atoms with Crippen molar-refractivity contribution >= 4 is 5.69 Å². The summed E-state index contributed by atoms with van der Waals surface area (Å²) >= 11 is 0. The van der Waals surface area contributed by atoms with Crippen molar-refractivity contribution < 1.29 is 4.74 Å². The Balaban J connectivity index is 1.96. The SMILES string of the molecule is CC(C)C1CN(c2cccc(OCC#N)c2)C1. The molecule has 0 aliphatic carbocycles. The molecular formula is C14H18N2O. The number of hydrogen-bond acceptors (Lipinski definition) is 3. The monoisotopic (exact) mass is 230 g/mol. The highest BCUT2D eigenvalue weighted by Gasteiger charge is 2.29. The predicted molar refractivity (Wildman–Crippen MR) is 68.1 cm³/mol. The number of anilines is 1. The molecule has 0 radical (unpaired) electrons. The summed E-state index contributed by atoms with van der Waals surface area (Å²) in [5.41, 5.74) is 1.19. The molecule has 90 valence electrons. The maximum Gasteiger partial charge on any atom is 0.174 e. The smallest absolute Gasteiger partial charge is 0.174 e. The van der Waals surface area contributed by atoms with E-state index in [0.29, 0.717) is 0 Å². The summed E-state index contributed by atoms with van der Waals surface area (Å²) in [7, 11) is 0. The van der Waals surface area contributed by atoms with Gasteiger partial charge in [0.25, 0.3) is 0 Å². The molecule has 1 aromatic rings. The first-order chi connectivity index (χ1) is 8.20. The van der Waals surface area contributed by atoms with Crippen LogP contribution in [0, 0.1) is 23.2 Å². The van der Waals surface area contributed by atoms with Crippen molar-refractivity contribution in [1.29, 1.82) is 5.26 Å². The molecule has 0 amide bonds. The number of nitrogens with zero attached hydrogens (tertiary/aromatic N) is 2. The van der Waals surface area contributed by atoms with Crippen LogP contribution in [0.1, 0.15) is 13.8 Å². The standard InChI is InChI=1S/C14H18N2O/c1-11(2)12-9-16(10-12)13-4-3-5-14(8-13)17-7-6-15/h3-5,8,11-12H,7,9-10H2,1-2H3. The molecule has 0 atom stereocenters. The average molecular weight is 230 g/mol. The van der Waals surface area contributed by atoms with Crippen LogP contribution in [0.25, 0.3) is 0 Å². The van der Waals surface area contributed by atoms with E-state index in [-0.39, 0.29) is 6.61 Å². The van der Waals surface area contributed by atoms with E-state index in [2.05, 4.69) is 24.8 Å². The van der Waals surface area contributed by atoms with Gasteiger partial charge >= 0.3 is 0 Å². The van der Waals surface area contributed by atoms with Gasteiger partial charge in [0.05, 0.1) is 0 Å². The van der Waals surface area contributed by atoms with Crippen LogP contribution in [0.5, 0.6) is 5.75 Å². The molecule has 17 heavy (non-hydrogen) atoms. The van der Waals surface area contributed by atoms with Gasteiger partial charge in [0, 0.05) is 24.8 Å². The van der Waals surface area contributed by atoms with Gasteiger partial charge in [-0.2, -0.15) is 5.26 Å². The molecule has 1 fully saturated rings. The molecule has 0 N–H and O–H groups in total. The molecule has 0 aromatic heterocycles. The molecule has 0 unspecified atom stereocenters. The van der Waals surface area contributed by atoms with E-state index in [4.69, 9.17) is 10.00 Å². The van der Waals surface area contributed by atoms with E-state index in [0.717, 1.165) is 30.7 Å². The summed E-state index contributed by atoms with van der Waals surface area (Å²) in [5, 5.41) is 8.47. The second kappa shape index (κ2) is 5.09. The molecule has 1 aliphatic heterocycles. The third kappa shape index (κ3) is 2.71. The molecule has 1 heterocycles. The van der Waals surface area contributed by atoms with Crippen LogP contribution in [0.3, 0.4) is 0 Å². The van der Waals surface area contributed by atoms with E-state index in [1.165, 1.54) is 5.69 Å². The van der Waals surface area contributed by atoms with Gasteiger partial charge in [0.1, 0.15) is 11.8 Å². The van der Waals surface area contributed by atoms with E-state index in [1.807, 2.05) is 24.3 Å². The van der Waals surface area contributed by atoms with Gasteiger partial charge in [-0.3, -0.25) is 0 Å². The second-order valence-electron chi connectivity index (χ2n) is 4.85. The van der Waals surface area contributed by atoms with Gasteiger partial charge in [-0.1, -0.05) is 19.9 Å². The molecule has 0 spiro atoms. The summed E-state index contributed by atoms with van der Waals surface area (Å²) in [6.45, 7) is 6.90. The Morgan fingerprint density at radius 2 is 2.24 bits per heavy atom. The zero-order valence-corrected chi connectivity index (χ0v) is 10.4. The first kappa shape index (κ1) is 11.8. The number of rotatable bonds is 4. The molecule has 1 aromatic carbocycles. The van der Waals surface area contributed by atoms with E-state index < -0.39 is 0 Å². The fourth-order valence-electron chi connectivity index (χ4n) is 2.03. The summed E-state index contributed by atoms with van der Waals surface area (Å²) in [4.78, 5) is 2.35. The highest BCUT2D eigenvalue weighted by molar-refractivity contribution is 5.52. The predicted octanol–water partition coefficient (Wildman–Crippen LogP) is 2.68. The molecule has 1 aliphatic rings. The third-order valence-corrected chi connectivity index (χ3v) is 3.34. The third-order valence-electron chi connectivity index (χ3n) is 3.34. The van der Waals surface area contributed by atoms with Crippen LogP contribution in [0.2, 0.25) is 0 Å². The lowest BCUT2D eigenvalue weighted by Crippen LogP contribution is -2.49. The van der Waals surface area contributed by atoms with Crippen molar-refractivity contribution in [2.45, 2.75) is 13.8 Å². The van der Waals surface area contributed by atoms with Gasteiger partial charge in [0.2, 0.25) is 0 Å². The molecule has 1 saturated heterocycles. The van der Waals surface area contributed by atoms with Crippen molar-refractivity contribution in [2.75, 3.05) is 24.6 Å². The summed E-state index contributed by atoms with van der Waals surface area (Å²) < 4.78 is 5.30. The Hall–Kier alpha value is -1.69. The van der Waals surface area contributed by atoms with Crippen LogP contribution in [-0.4, -0.2) is 19.7 Å². The summed E-state index contributed by atoms with van der Waals surface area (Å²) in [6.07, 6.45) is 0. The van der Waals surface area contributed by atoms with Crippen LogP contribution >= 0.6 is 0 Å². The van der Waals surface area contributed by atoms with Crippen molar-refractivity contribution in [2.24, 2.45) is 11.8 Å². The molecule has 0 bridgehead atoms. The normalized spacial score (nSPS) is 15.5. The summed E-state index contributed by atoms with van der Waals surface area (Å²) in [5.74, 6) is 2.33.